The largest absolute Gasteiger partial charge is 0.317 e. The van der Waals surface area contributed by atoms with E-state index in [9.17, 15) is 12.8 Å². The maximum atomic E-state index is 13.6. The number of halogens is 3. The van der Waals surface area contributed by atoms with Gasteiger partial charge in [0.2, 0.25) is 10.0 Å². The molecular weight excluding hydrogens is 338 g/mol. The van der Waals surface area contributed by atoms with Gasteiger partial charge in [0.1, 0.15) is 4.90 Å². The molecule has 2 rings (SSSR count). The molecule has 4 nitrogen and oxygen atoms in total. The maximum absolute atomic E-state index is 13.6. The van der Waals surface area contributed by atoms with Crippen molar-refractivity contribution in [2.24, 2.45) is 0 Å². The van der Waals surface area contributed by atoms with Crippen molar-refractivity contribution in [1.82, 2.24) is 10.0 Å². The van der Waals surface area contributed by atoms with Crippen molar-refractivity contribution in [3.05, 3.63) is 28.0 Å². The minimum Gasteiger partial charge on any atom is -0.317 e. The lowest BCUT2D eigenvalue weighted by Crippen LogP contribution is -2.41. The van der Waals surface area contributed by atoms with E-state index in [0.29, 0.717) is 6.04 Å². The molecule has 0 saturated heterocycles. The van der Waals surface area contributed by atoms with Gasteiger partial charge in [0.05, 0.1) is 10.0 Å². The number of hydrogen-bond donors (Lipinski definition) is 2. The fourth-order valence-electron chi connectivity index (χ4n) is 2.50. The molecule has 8 heteroatoms. The highest BCUT2D eigenvalue weighted by Crippen LogP contribution is 2.30. The first-order valence-electron chi connectivity index (χ1n) is 6.68. The van der Waals surface area contributed by atoms with E-state index < -0.39 is 20.9 Å². The van der Waals surface area contributed by atoms with Crippen LogP contribution in [0.15, 0.2) is 17.0 Å². The van der Waals surface area contributed by atoms with Crippen molar-refractivity contribution in [2.75, 3.05) is 7.05 Å². The Morgan fingerprint density at radius 2 is 1.71 bits per heavy atom. The van der Waals surface area contributed by atoms with Gasteiger partial charge >= 0.3 is 0 Å². The smallest absolute Gasteiger partial charge is 0.242 e. The molecule has 0 aromatic heterocycles. The molecule has 0 spiro atoms. The van der Waals surface area contributed by atoms with Crippen molar-refractivity contribution >= 4 is 33.2 Å². The second-order valence-corrected chi connectivity index (χ2v) is 7.60. The summed E-state index contributed by atoms with van der Waals surface area (Å²) in [6.45, 7) is 0. The van der Waals surface area contributed by atoms with Crippen molar-refractivity contribution in [3.63, 3.8) is 0 Å². The molecule has 0 heterocycles. The lowest BCUT2D eigenvalue weighted by Gasteiger charge is -2.28. The van der Waals surface area contributed by atoms with E-state index in [0.717, 1.165) is 25.7 Å². The number of nitrogens with one attached hydrogen (secondary N) is 2. The van der Waals surface area contributed by atoms with Crippen LogP contribution in [0.4, 0.5) is 4.39 Å². The fourth-order valence-corrected chi connectivity index (χ4v) is 4.55. The highest BCUT2D eigenvalue weighted by Gasteiger charge is 2.27. The molecule has 1 saturated carbocycles. The number of benzene rings is 1. The van der Waals surface area contributed by atoms with Gasteiger partial charge in [-0.15, -0.1) is 0 Å². The summed E-state index contributed by atoms with van der Waals surface area (Å²) in [5.74, 6) is -0.917. The highest BCUT2D eigenvalue weighted by molar-refractivity contribution is 7.89. The van der Waals surface area contributed by atoms with Crippen molar-refractivity contribution in [2.45, 2.75) is 42.7 Å². The second-order valence-electron chi connectivity index (χ2n) is 5.13. The Bertz CT molecular complexity index is 617. The van der Waals surface area contributed by atoms with Crippen LogP contribution in [0, 0.1) is 5.82 Å². The zero-order valence-corrected chi connectivity index (χ0v) is 13.8. The first-order valence-corrected chi connectivity index (χ1v) is 8.92. The van der Waals surface area contributed by atoms with Crippen LogP contribution in [-0.2, 0) is 10.0 Å². The Labute approximate surface area is 134 Å². The minimum atomic E-state index is -3.86. The molecule has 2 N–H and O–H groups in total. The Kier molecular flexibility index (Phi) is 5.48. The second kappa shape index (κ2) is 6.79. The third-order valence-electron chi connectivity index (χ3n) is 3.75. The van der Waals surface area contributed by atoms with E-state index in [1.807, 2.05) is 7.05 Å². The Morgan fingerprint density at radius 1 is 1.14 bits per heavy atom. The van der Waals surface area contributed by atoms with Crippen LogP contribution in [-0.4, -0.2) is 27.5 Å². The lowest BCUT2D eigenvalue weighted by atomic mass is 9.92. The lowest BCUT2D eigenvalue weighted by molar-refractivity contribution is 0.343. The zero-order valence-electron chi connectivity index (χ0n) is 11.5. The topological polar surface area (TPSA) is 58.2 Å². The molecule has 118 valence electrons. The first-order chi connectivity index (χ1) is 9.85. The molecule has 21 heavy (non-hydrogen) atoms. The molecule has 1 aliphatic carbocycles. The molecule has 0 bridgehead atoms. The van der Waals surface area contributed by atoms with E-state index in [-0.39, 0.29) is 16.0 Å². The van der Waals surface area contributed by atoms with E-state index in [2.05, 4.69) is 10.0 Å². The van der Waals surface area contributed by atoms with Crippen molar-refractivity contribution in [3.8, 4) is 0 Å². The van der Waals surface area contributed by atoms with E-state index in [4.69, 9.17) is 23.2 Å². The molecule has 0 amide bonds. The van der Waals surface area contributed by atoms with Gasteiger partial charge < -0.3 is 5.32 Å². The van der Waals surface area contributed by atoms with Gasteiger partial charge in [-0.25, -0.2) is 17.5 Å². The van der Waals surface area contributed by atoms with Gasteiger partial charge in [0.25, 0.3) is 0 Å². The van der Waals surface area contributed by atoms with E-state index in [1.165, 1.54) is 12.1 Å². The molecule has 0 radical (unpaired) electrons. The molecule has 1 aliphatic rings. The maximum Gasteiger partial charge on any atom is 0.242 e. The number of sulfonamides is 1. The summed E-state index contributed by atoms with van der Waals surface area (Å²) in [7, 11) is -1.96. The Balaban J connectivity index is 2.15. The molecule has 1 fully saturated rings. The Hall–Kier alpha value is -0.400. The van der Waals surface area contributed by atoms with Crippen LogP contribution in [0.2, 0.25) is 10.0 Å². The van der Waals surface area contributed by atoms with Crippen LogP contribution < -0.4 is 10.0 Å². The molecule has 0 atom stereocenters. The van der Waals surface area contributed by atoms with Gasteiger partial charge in [-0.1, -0.05) is 23.2 Å². The van der Waals surface area contributed by atoms with Crippen LogP contribution in [0.1, 0.15) is 25.7 Å². The molecule has 1 aromatic rings. The quantitative estimate of drug-likeness (QED) is 0.817. The normalized spacial score (nSPS) is 23.2. The summed E-state index contributed by atoms with van der Waals surface area (Å²) in [5, 5.41) is 2.51. The predicted molar refractivity (Wildman–Crippen MR) is 81.8 cm³/mol. The Morgan fingerprint density at radius 3 is 2.29 bits per heavy atom. The van der Waals surface area contributed by atoms with Crippen LogP contribution in [0.5, 0.6) is 0 Å². The third-order valence-corrected chi connectivity index (χ3v) is 6.08. The summed E-state index contributed by atoms with van der Waals surface area (Å²) in [5.41, 5.74) is 0. The highest BCUT2D eigenvalue weighted by atomic mass is 35.5. The zero-order chi connectivity index (χ0) is 15.6. The van der Waals surface area contributed by atoms with Crippen molar-refractivity contribution in [1.29, 1.82) is 0 Å². The van der Waals surface area contributed by atoms with Gasteiger partial charge in [-0.2, -0.15) is 0 Å². The fraction of sp³-hybridized carbons (Fsp3) is 0.538. The summed E-state index contributed by atoms with van der Waals surface area (Å²) in [6.07, 6.45) is 3.26. The average Bonchev–Trinajstić information content (AvgIpc) is 2.45. The predicted octanol–water partition coefficient (Wildman–Crippen LogP) is 2.94. The van der Waals surface area contributed by atoms with Crippen LogP contribution in [0.3, 0.4) is 0 Å². The van der Waals surface area contributed by atoms with Crippen molar-refractivity contribution < 1.29 is 12.8 Å². The first kappa shape index (κ1) is 17.0. The van der Waals surface area contributed by atoms with Gasteiger partial charge in [-0.05, 0) is 44.9 Å². The van der Waals surface area contributed by atoms with Gasteiger partial charge in [0, 0.05) is 12.1 Å². The average molecular weight is 355 g/mol. The van der Waals surface area contributed by atoms with Gasteiger partial charge in [0.15, 0.2) is 5.82 Å². The number of rotatable bonds is 4. The summed E-state index contributed by atoms with van der Waals surface area (Å²) >= 11 is 11.3. The standard InChI is InChI=1S/C13H17Cl2FN2O2S/c1-17-8-2-4-9(5-3-8)18-21(19,20)11-7-6-10(14)13(16)12(11)15/h6-9,17-18H,2-5H2,1H3. The van der Waals surface area contributed by atoms with Crippen LogP contribution >= 0.6 is 23.2 Å². The molecule has 0 aliphatic heterocycles. The summed E-state index contributed by atoms with van der Waals surface area (Å²) in [4.78, 5) is -0.276. The SMILES string of the molecule is CNC1CCC(NS(=O)(=O)c2ccc(Cl)c(F)c2Cl)CC1. The molecular formula is C13H17Cl2FN2O2S. The molecule has 0 unspecified atom stereocenters. The monoisotopic (exact) mass is 354 g/mol. The minimum absolute atomic E-state index is 0.158. The number of hydrogen-bond acceptors (Lipinski definition) is 3. The van der Waals surface area contributed by atoms with Gasteiger partial charge in [-0.3, -0.25) is 0 Å². The third kappa shape index (κ3) is 3.87. The summed E-state index contributed by atoms with van der Waals surface area (Å²) in [6, 6.07) is 2.67. The van der Waals surface area contributed by atoms with Crippen LogP contribution in [0.25, 0.3) is 0 Å². The van der Waals surface area contributed by atoms with E-state index >= 15 is 0 Å². The van der Waals surface area contributed by atoms with E-state index in [1.54, 1.807) is 0 Å². The molecule has 1 aromatic carbocycles. The summed E-state index contributed by atoms with van der Waals surface area (Å²) < 4.78 is 40.9.